The third-order valence-electron chi connectivity index (χ3n) is 3.33. The van der Waals surface area contributed by atoms with Gasteiger partial charge in [-0.25, -0.2) is 0 Å². The predicted octanol–water partition coefficient (Wildman–Crippen LogP) is 5.16. The van der Waals surface area contributed by atoms with Gasteiger partial charge in [0.05, 0.1) is 4.34 Å². The zero-order valence-electron chi connectivity index (χ0n) is 11.4. The van der Waals surface area contributed by atoms with Gasteiger partial charge in [0, 0.05) is 10.3 Å². The molecular formula is C16H16ClNOS. The molecule has 1 N–H and O–H groups in total. The number of para-hydroxylation sites is 1. The van der Waals surface area contributed by atoms with E-state index in [1.54, 1.807) is 11.3 Å². The summed E-state index contributed by atoms with van der Waals surface area (Å²) in [5.41, 5.74) is 2.13. The standard InChI is InChI=1S/C16H16ClNOS/c1-3-18-15(13-7-8-14(17)20-13)12-9-11-6-4-5-10(2)16(11)19-12/h4-9,15,18H,3H2,1-2H3. The van der Waals surface area contributed by atoms with Crippen molar-refractivity contribution in [2.24, 2.45) is 0 Å². The highest BCUT2D eigenvalue weighted by atomic mass is 35.5. The topological polar surface area (TPSA) is 25.2 Å². The lowest BCUT2D eigenvalue weighted by Gasteiger charge is -2.13. The van der Waals surface area contributed by atoms with Crippen molar-refractivity contribution in [2.75, 3.05) is 6.54 Å². The van der Waals surface area contributed by atoms with Crippen LogP contribution in [0, 0.1) is 6.92 Å². The lowest BCUT2D eigenvalue weighted by Crippen LogP contribution is -2.20. The lowest BCUT2D eigenvalue weighted by molar-refractivity contribution is 0.480. The Labute approximate surface area is 127 Å². The van der Waals surface area contributed by atoms with Crippen LogP contribution >= 0.6 is 22.9 Å². The summed E-state index contributed by atoms with van der Waals surface area (Å²) in [5.74, 6) is 0.940. The first-order valence-electron chi connectivity index (χ1n) is 6.66. The van der Waals surface area contributed by atoms with Crippen molar-refractivity contribution in [2.45, 2.75) is 19.9 Å². The maximum atomic E-state index is 6.08. The Hall–Kier alpha value is -1.29. The molecule has 3 aromatic rings. The van der Waals surface area contributed by atoms with Crippen LogP contribution < -0.4 is 5.32 Å². The van der Waals surface area contributed by atoms with Gasteiger partial charge < -0.3 is 9.73 Å². The first-order chi connectivity index (χ1) is 9.69. The molecule has 0 spiro atoms. The van der Waals surface area contributed by atoms with Gasteiger partial charge in [-0.3, -0.25) is 0 Å². The highest BCUT2D eigenvalue weighted by Gasteiger charge is 2.19. The monoisotopic (exact) mass is 305 g/mol. The molecule has 2 nitrogen and oxygen atoms in total. The summed E-state index contributed by atoms with van der Waals surface area (Å²) in [5, 5.41) is 4.61. The van der Waals surface area contributed by atoms with Crippen LogP contribution in [0.4, 0.5) is 0 Å². The highest BCUT2D eigenvalue weighted by Crippen LogP contribution is 2.34. The maximum absolute atomic E-state index is 6.08. The second kappa shape index (κ2) is 5.60. The number of benzene rings is 1. The number of hydrogen-bond donors (Lipinski definition) is 1. The third-order valence-corrected chi connectivity index (χ3v) is 4.63. The van der Waals surface area contributed by atoms with Crippen molar-refractivity contribution in [3.8, 4) is 0 Å². The van der Waals surface area contributed by atoms with Crippen LogP contribution in [0.25, 0.3) is 11.0 Å². The number of fused-ring (bicyclic) bond motifs is 1. The number of thiophene rings is 1. The molecule has 0 aliphatic carbocycles. The van der Waals surface area contributed by atoms with Crippen LogP contribution in [0.1, 0.15) is 29.2 Å². The normalized spacial score (nSPS) is 12.9. The van der Waals surface area contributed by atoms with E-state index in [0.717, 1.165) is 33.2 Å². The largest absolute Gasteiger partial charge is 0.459 e. The Bertz CT molecular complexity index is 731. The second-order valence-corrected chi connectivity index (χ2v) is 6.52. The number of nitrogens with one attached hydrogen (secondary N) is 1. The summed E-state index contributed by atoms with van der Waals surface area (Å²) in [6.45, 7) is 5.03. The number of halogens is 1. The van der Waals surface area contributed by atoms with Crippen LogP contribution in [0.15, 0.2) is 40.8 Å². The van der Waals surface area contributed by atoms with Crippen LogP contribution in [0.2, 0.25) is 4.34 Å². The molecule has 0 saturated carbocycles. The molecule has 4 heteroatoms. The number of aryl methyl sites for hydroxylation is 1. The third kappa shape index (κ3) is 2.49. The van der Waals surface area contributed by atoms with Crippen molar-refractivity contribution < 1.29 is 4.42 Å². The fraction of sp³-hybridized carbons (Fsp3) is 0.250. The van der Waals surface area contributed by atoms with E-state index in [-0.39, 0.29) is 6.04 Å². The van der Waals surface area contributed by atoms with Gasteiger partial charge in [-0.1, -0.05) is 36.7 Å². The van der Waals surface area contributed by atoms with Crippen LogP contribution in [-0.2, 0) is 0 Å². The molecule has 0 radical (unpaired) electrons. The first-order valence-corrected chi connectivity index (χ1v) is 7.86. The number of furan rings is 1. The molecule has 20 heavy (non-hydrogen) atoms. The fourth-order valence-electron chi connectivity index (χ4n) is 2.40. The molecule has 2 aromatic heterocycles. The van der Waals surface area contributed by atoms with Crippen LogP contribution in [-0.4, -0.2) is 6.54 Å². The lowest BCUT2D eigenvalue weighted by atomic mass is 10.1. The molecule has 104 valence electrons. The summed E-state index contributed by atoms with van der Waals surface area (Å²) in [6, 6.07) is 12.4. The molecule has 1 aromatic carbocycles. The smallest absolute Gasteiger partial charge is 0.137 e. The van der Waals surface area contributed by atoms with E-state index >= 15 is 0 Å². The van der Waals surface area contributed by atoms with Gasteiger partial charge in [0.15, 0.2) is 0 Å². The van der Waals surface area contributed by atoms with Gasteiger partial charge in [-0.2, -0.15) is 0 Å². The van der Waals surface area contributed by atoms with Crippen LogP contribution in [0.3, 0.4) is 0 Å². The summed E-state index contributed by atoms with van der Waals surface area (Å²) in [4.78, 5) is 1.17. The summed E-state index contributed by atoms with van der Waals surface area (Å²) in [7, 11) is 0. The minimum absolute atomic E-state index is 0.0595. The summed E-state index contributed by atoms with van der Waals surface area (Å²) >= 11 is 7.64. The minimum Gasteiger partial charge on any atom is -0.459 e. The van der Waals surface area contributed by atoms with Gasteiger partial charge in [0.1, 0.15) is 17.4 Å². The van der Waals surface area contributed by atoms with Gasteiger partial charge in [-0.05, 0) is 37.2 Å². The average Bonchev–Trinajstić information content (AvgIpc) is 3.03. The van der Waals surface area contributed by atoms with E-state index in [4.69, 9.17) is 16.0 Å². The quantitative estimate of drug-likeness (QED) is 0.720. The molecule has 0 aliphatic heterocycles. The Morgan fingerprint density at radius 1 is 1.30 bits per heavy atom. The Kier molecular flexibility index (Phi) is 3.83. The van der Waals surface area contributed by atoms with Crippen molar-refractivity contribution in [3.63, 3.8) is 0 Å². The maximum Gasteiger partial charge on any atom is 0.137 e. The minimum atomic E-state index is 0.0595. The molecule has 0 amide bonds. The Balaban J connectivity index is 2.07. The molecule has 0 saturated heterocycles. The fourth-order valence-corrected chi connectivity index (χ4v) is 3.54. The van der Waals surface area contributed by atoms with Gasteiger partial charge in [0.25, 0.3) is 0 Å². The molecule has 2 heterocycles. The van der Waals surface area contributed by atoms with Crippen molar-refractivity contribution >= 4 is 33.9 Å². The second-order valence-electron chi connectivity index (χ2n) is 4.77. The summed E-state index contributed by atoms with van der Waals surface area (Å²) < 4.78 is 6.88. The SMILES string of the molecule is CCNC(c1cc2cccc(C)c2o1)c1ccc(Cl)s1. The molecular weight excluding hydrogens is 290 g/mol. The summed E-state index contributed by atoms with van der Waals surface area (Å²) in [6.07, 6.45) is 0. The van der Waals surface area contributed by atoms with Gasteiger partial charge in [0.2, 0.25) is 0 Å². The molecule has 1 atom stereocenters. The Morgan fingerprint density at radius 3 is 2.80 bits per heavy atom. The van der Waals surface area contributed by atoms with Crippen molar-refractivity contribution in [1.29, 1.82) is 0 Å². The van der Waals surface area contributed by atoms with E-state index in [9.17, 15) is 0 Å². The molecule has 0 aliphatic rings. The highest BCUT2D eigenvalue weighted by molar-refractivity contribution is 7.16. The van der Waals surface area contributed by atoms with E-state index in [1.807, 2.05) is 6.07 Å². The van der Waals surface area contributed by atoms with E-state index in [2.05, 4.69) is 49.5 Å². The zero-order chi connectivity index (χ0) is 14.1. The molecule has 1 unspecified atom stereocenters. The first kappa shape index (κ1) is 13.7. The Morgan fingerprint density at radius 2 is 2.15 bits per heavy atom. The molecule has 0 bridgehead atoms. The van der Waals surface area contributed by atoms with Gasteiger partial charge in [-0.15, -0.1) is 11.3 Å². The van der Waals surface area contributed by atoms with Crippen molar-refractivity contribution in [1.82, 2.24) is 5.32 Å². The molecule has 0 fully saturated rings. The van der Waals surface area contributed by atoms with E-state index in [1.165, 1.54) is 4.88 Å². The van der Waals surface area contributed by atoms with E-state index in [0.29, 0.717) is 0 Å². The molecule has 3 rings (SSSR count). The van der Waals surface area contributed by atoms with Crippen LogP contribution in [0.5, 0.6) is 0 Å². The average molecular weight is 306 g/mol. The van der Waals surface area contributed by atoms with E-state index < -0.39 is 0 Å². The zero-order valence-corrected chi connectivity index (χ0v) is 13.0. The predicted molar refractivity (Wildman–Crippen MR) is 85.8 cm³/mol. The number of rotatable bonds is 4. The van der Waals surface area contributed by atoms with Crippen molar-refractivity contribution in [3.05, 3.63) is 56.9 Å². The number of hydrogen-bond acceptors (Lipinski definition) is 3. The van der Waals surface area contributed by atoms with Gasteiger partial charge >= 0.3 is 0 Å².